The highest BCUT2D eigenvalue weighted by atomic mass is 16.5. The first kappa shape index (κ1) is 22.9. The van der Waals surface area contributed by atoms with E-state index in [2.05, 4.69) is 43.7 Å². The van der Waals surface area contributed by atoms with Crippen LogP contribution in [0.15, 0.2) is 71.3 Å². The predicted octanol–water partition coefficient (Wildman–Crippen LogP) is 5.14. The molecule has 3 heterocycles. The highest BCUT2D eigenvalue weighted by Crippen LogP contribution is 2.32. The van der Waals surface area contributed by atoms with Crippen molar-refractivity contribution in [3.63, 3.8) is 0 Å². The quantitative estimate of drug-likeness (QED) is 0.357. The first-order valence-electron chi connectivity index (χ1n) is 12.3. The summed E-state index contributed by atoms with van der Waals surface area (Å²) in [5.74, 6) is 1.52. The van der Waals surface area contributed by atoms with Gasteiger partial charge in [-0.15, -0.1) is 0 Å². The molecule has 2 N–H and O–H groups in total. The average Bonchev–Trinajstić information content (AvgIpc) is 3.34. The molecule has 6 rings (SSSR count). The van der Waals surface area contributed by atoms with Crippen molar-refractivity contribution in [1.29, 1.82) is 0 Å². The molecule has 186 valence electrons. The molecule has 0 saturated carbocycles. The first-order chi connectivity index (χ1) is 18.0. The standard InChI is InChI=1S/C28H27N7O2/c1-18-29-27(33-37-18)21-10-5-9-20-19(21)8-6-12-23(20)31-28(36)32-26-17-25(35-15-13-34(2)14-16-35)22-7-3-4-11-24(22)30-26/h3-12,17H,13-16H2,1-2H3,(H2,30,31,32,36). The molecule has 2 amide bonds. The Morgan fingerprint density at radius 2 is 1.62 bits per heavy atom. The van der Waals surface area contributed by atoms with Crippen molar-refractivity contribution in [2.75, 3.05) is 48.8 Å². The summed E-state index contributed by atoms with van der Waals surface area (Å²) in [4.78, 5) is 26.9. The molecule has 1 fully saturated rings. The number of nitrogens with zero attached hydrogens (tertiary/aromatic N) is 5. The number of urea groups is 1. The molecule has 1 aliphatic rings. The van der Waals surface area contributed by atoms with Crippen molar-refractivity contribution < 1.29 is 9.32 Å². The monoisotopic (exact) mass is 493 g/mol. The summed E-state index contributed by atoms with van der Waals surface area (Å²) in [5.41, 5.74) is 3.45. The fourth-order valence-electron chi connectivity index (χ4n) is 4.82. The number of anilines is 3. The van der Waals surface area contributed by atoms with E-state index >= 15 is 0 Å². The molecule has 1 aliphatic heterocycles. The van der Waals surface area contributed by atoms with E-state index in [-0.39, 0.29) is 6.03 Å². The largest absolute Gasteiger partial charge is 0.368 e. The number of carbonyl (C=O) groups excluding carboxylic acids is 1. The first-order valence-corrected chi connectivity index (χ1v) is 12.3. The van der Waals surface area contributed by atoms with Crippen molar-refractivity contribution in [3.05, 3.63) is 72.6 Å². The zero-order valence-corrected chi connectivity index (χ0v) is 20.7. The molecule has 0 atom stereocenters. The summed E-state index contributed by atoms with van der Waals surface area (Å²) in [6.07, 6.45) is 0. The third-order valence-corrected chi connectivity index (χ3v) is 6.72. The Bertz CT molecular complexity index is 1610. The van der Waals surface area contributed by atoms with Gasteiger partial charge in [-0.3, -0.25) is 5.32 Å². The molecule has 3 aromatic carbocycles. The SMILES string of the molecule is Cc1nc(-c2cccc3c(NC(=O)Nc4cc(N5CCN(C)CC5)c5ccccc5n4)cccc23)no1. The minimum absolute atomic E-state index is 0.361. The number of benzene rings is 3. The van der Waals surface area contributed by atoms with Crippen LogP contribution in [0.1, 0.15) is 5.89 Å². The minimum atomic E-state index is -0.361. The average molecular weight is 494 g/mol. The topological polar surface area (TPSA) is 99.4 Å². The number of para-hydroxylation sites is 1. The fourth-order valence-corrected chi connectivity index (χ4v) is 4.82. The van der Waals surface area contributed by atoms with Gasteiger partial charge in [0.2, 0.25) is 11.7 Å². The van der Waals surface area contributed by atoms with Gasteiger partial charge < -0.3 is 19.6 Å². The van der Waals surface area contributed by atoms with Gasteiger partial charge in [-0.1, -0.05) is 53.7 Å². The van der Waals surface area contributed by atoms with Gasteiger partial charge in [-0.05, 0) is 24.6 Å². The summed E-state index contributed by atoms with van der Waals surface area (Å²) >= 11 is 0. The number of aromatic nitrogens is 3. The van der Waals surface area contributed by atoms with Gasteiger partial charge in [0.15, 0.2) is 0 Å². The van der Waals surface area contributed by atoms with Gasteiger partial charge in [0, 0.05) is 61.2 Å². The summed E-state index contributed by atoms with van der Waals surface area (Å²) in [6.45, 7) is 5.59. The van der Waals surface area contributed by atoms with E-state index in [4.69, 9.17) is 9.51 Å². The highest BCUT2D eigenvalue weighted by Gasteiger charge is 2.19. The fraction of sp³-hybridized carbons (Fsp3) is 0.214. The molecule has 0 bridgehead atoms. The lowest BCUT2D eigenvalue weighted by Crippen LogP contribution is -2.44. The number of pyridine rings is 1. The third-order valence-electron chi connectivity index (χ3n) is 6.72. The van der Waals surface area contributed by atoms with Gasteiger partial charge in [0.1, 0.15) is 5.82 Å². The molecule has 5 aromatic rings. The zero-order chi connectivity index (χ0) is 25.4. The maximum atomic E-state index is 13.1. The molecule has 9 heteroatoms. The van der Waals surface area contributed by atoms with Gasteiger partial charge in [0.25, 0.3) is 0 Å². The van der Waals surface area contributed by atoms with Crippen LogP contribution in [0.5, 0.6) is 0 Å². The van der Waals surface area contributed by atoms with Gasteiger partial charge in [-0.25, -0.2) is 9.78 Å². The van der Waals surface area contributed by atoms with E-state index in [1.165, 1.54) is 0 Å². The van der Waals surface area contributed by atoms with E-state index in [0.29, 0.717) is 23.2 Å². The lowest BCUT2D eigenvalue weighted by Gasteiger charge is -2.34. The molecular weight excluding hydrogens is 466 g/mol. The number of nitrogens with one attached hydrogen (secondary N) is 2. The van der Waals surface area contributed by atoms with Crippen LogP contribution in [-0.4, -0.2) is 59.3 Å². The Hall–Kier alpha value is -4.50. The van der Waals surface area contributed by atoms with E-state index < -0.39 is 0 Å². The predicted molar refractivity (Wildman–Crippen MR) is 146 cm³/mol. The van der Waals surface area contributed by atoms with E-state index in [9.17, 15) is 4.79 Å². The number of carbonyl (C=O) groups is 1. The van der Waals surface area contributed by atoms with Crippen molar-refractivity contribution in [3.8, 4) is 11.4 Å². The number of aryl methyl sites for hydroxylation is 1. The van der Waals surface area contributed by atoms with Crippen LogP contribution < -0.4 is 15.5 Å². The van der Waals surface area contributed by atoms with Crippen LogP contribution in [0, 0.1) is 6.92 Å². The number of rotatable bonds is 4. The van der Waals surface area contributed by atoms with Crippen LogP contribution in [0.25, 0.3) is 33.1 Å². The molecular formula is C28H27N7O2. The van der Waals surface area contributed by atoms with Crippen LogP contribution >= 0.6 is 0 Å². The van der Waals surface area contributed by atoms with Crippen molar-refractivity contribution in [2.45, 2.75) is 6.92 Å². The summed E-state index contributed by atoms with van der Waals surface area (Å²) in [5, 5.41) is 12.9. The second-order valence-electron chi connectivity index (χ2n) is 9.26. The van der Waals surface area contributed by atoms with Crippen molar-refractivity contribution in [1.82, 2.24) is 20.0 Å². The molecule has 0 unspecified atom stereocenters. The van der Waals surface area contributed by atoms with Crippen molar-refractivity contribution >= 4 is 44.9 Å². The lowest BCUT2D eigenvalue weighted by molar-refractivity contribution is 0.262. The van der Waals surface area contributed by atoms with Gasteiger partial charge in [-0.2, -0.15) is 4.98 Å². The van der Waals surface area contributed by atoms with E-state index in [0.717, 1.165) is 59.1 Å². The van der Waals surface area contributed by atoms with Crippen LogP contribution in [0.4, 0.5) is 22.0 Å². The molecule has 0 aliphatic carbocycles. The van der Waals surface area contributed by atoms with Crippen molar-refractivity contribution in [2.24, 2.45) is 0 Å². The number of hydrogen-bond donors (Lipinski definition) is 2. The number of likely N-dealkylation sites (N-methyl/N-ethyl adjacent to an activating group) is 1. The molecule has 2 aromatic heterocycles. The van der Waals surface area contributed by atoms with E-state index in [1.54, 1.807) is 6.92 Å². The van der Waals surface area contributed by atoms with Crippen LogP contribution in [0.3, 0.4) is 0 Å². The number of piperazine rings is 1. The molecule has 9 nitrogen and oxygen atoms in total. The maximum Gasteiger partial charge on any atom is 0.324 e. The van der Waals surface area contributed by atoms with Crippen LogP contribution in [0.2, 0.25) is 0 Å². The number of fused-ring (bicyclic) bond motifs is 2. The molecule has 1 saturated heterocycles. The Balaban J connectivity index is 1.29. The second kappa shape index (κ2) is 9.51. The van der Waals surface area contributed by atoms with E-state index in [1.807, 2.05) is 60.7 Å². The molecule has 0 spiro atoms. The second-order valence-corrected chi connectivity index (χ2v) is 9.26. The van der Waals surface area contributed by atoms with Gasteiger partial charge in [0.05, 0.1) is 11.2 Å². The normalized spacial score (nSPS) is 14.3. The molecule has 37 heavy (non-hydrogen) atoms. The smallest absolute Gasteiger partial charge is 0.324 e. The maximum absolute atomic E-state index is 13.1. The summed E-state index contributed by atoms with van der Waals surface area (Å²) < 4.78 is 5.16. The summed E-state index contributed by atoms with van der Waals surface area (Å²) in [7, 11) is 2.14. The molecule has 0 radical (unpaired) electrons. The number of hydrogen-bond acceptors (Lipinski definition) is 7. The Labute approximate surface area is 214 Å². The number of amides is 2. The Morgan fingerprint density at radius 3 is 2.43 bits per heavy atom. The minimum Gasteiger partial charge on any atom is -0.368 e. The zero-order valence-electron chi connectivity index (χ0n) is 20.7. The Kier molecular flexibility index (Phi) is 5.90. The highest BCUT2D eigenvalue weighted by molar-refractivity contribution is 6.09. The van der Waals surface area contributed by atoms with Crippen LogP contribution in [-0.2, 0) is 0 Å². The third kappa shape index (κ3) is 4.56. The lowest BCUT2D eigenvalue weighted by atomic mass is 10.0. The Morgan fingerprint density at radius 1 is 0.865 bits per heavy atom. The summed E-state index contributed by atoms with van der Waals surface area (Å²) in [6, 6.07) is 21.2. The van der Waals surface area contributed by atoms with Gasteiger partial charge >= 0.3 is 6.03 Å².